The van der Waals surface area contributed by atoms with Crippen LogP contribution < -0.4 is 0 Å². The van der Waals surface area contributed by atoms with E-state index in [1.165, 1.54) is 10.6 Å². The molecule has 2 aromatic carbocycles. The third kappa shape index (κ3) is 3.56. The fourth-order valence-electron chi connectivity index (χ4n) is 4.75. The molecule has 1 saturated carbocycles. The van der Waals surface area contributed by atoms with Crippen molar-refractivity contribution in [1.82, 2.24) is 8.87 Å². The minimum Gasteiger partial charge on any atom is -0.390 e. The summed E-state index contributed by atoms with van der Waals surface area (Å²) < 4.78 is 28.5. The first-order chi connectivity index (χ1) is 13.4. The van der Waals surface area contributed by atoms with Crippen LogP contribution in [0.15, 0.2) is 48.5 Å². The quantitative estimate of drug-likeness (QED) is 0.688. The highest BCUT2D eigenvalue weighted by Crippen LogP contribution is 2.32. The molecule has 150 valence electrons. The third-order valence-electron chi connectivity index (χ3n) is 6.08. The van der Waals surface area contributed by atoms with Crippen molar-refractivity contribution in [3.05, 3.63) is 48.5 Å². The molecule has 1 aliphatic carbocycles. The van der Waals surface area contributed by atoms with Gasteiger partial charge in [-0.1, -0.05) is 49.7 Å². The van der Waals surface area contributed by atoms with Crippen molar-refractivity contribution in [2.75, 3.05) is 12.8 Å². The lowest BCUT2D eigenvalue weighted by atomic mass is 10.1. The predicted molar refractivity (Wildman–Crippen MR) is 114 cm³/mol. The van der Waals surface area contributed by atoms with Crippen LogP contribution in [0.1, 0.15) is 26.2 Å². The first kappa shape index (κ1) is 19.4. The SMILES string of the molecule is CC1CCCC1N(CC(O)Cn1c2ccccc2c2ccccc21)S(C)(=O)=O. The molecule has 1 fully saturated rings. The molecule has 1 N–H and O–H groups in total. The molecule has 1 heterocycles. The number of benzene rings is 2. The van der Waals surface area contributed by atoms with Gasteiger partial charge >= 0.3 is 0 Å². The molecule has 4 rings (SSSR count). The van der Waals surface area contributed by atoms with E-state index < -0.39 is 16.1 Å². The molecule has 0 bridgehead atoms. The monoisotopic (exact) mass is 400 g/mol. The summed E-state index contributed by atoms with van der Waals surface area (Å²) in [5.41, 5.74) is 2.12. The molecule has 0 radical (unpaired) electrons. The van der Waals surface area contributed by atoms with Crippen LogP contribution in [0.5, 0.6) is 0 Å². The summed E-state index contributed by atoms with van der Waals surface area (Å²) in [6.07, 6.45) is 3.43. The van der Waals surface area contributed by atoms with Gasteiger partial charge in [-0.25, -0.2) is 8.42 Å². The highest BCUT2D eigenvalue weighted by molar-refractivity contribution is 7.88. The van der Waals surface area contributed by atoms with Crippen molar-refractivity contribution in [3.63, 3.8) is 0 Å². The number of hydrogen-bond donors (Lipinski definition) is 1. The lowest BCUT2D eigenvalue weighted by molar-refractivity contribution is 0.112. The largest absolute Gasteiger partial charge is 0.390 e. The zero-order valence-corrected chi connectivity index (χ0v) is 17.3. The Balaban J connectivity index is 1.65. The van der Waals surface area contributed by atoms with Crippen LogP contribution in [0.3, 0.4) is 0 Å². The number of fused-ring (bicyclic) bond motifs is 3. The normalized spacial score (nSPS) is 21.7. The first-order valence-corrected chi connectivity index (χ1v) is 11.8. The van der Waals surface area contributed by atoms with Crippen LogP contribution in [0.4, 0.5) is 0 Å². The standard InChI is InChI=1S/C22H28N2O3S/c1-16-8-7-13-20(16)24(28(2,26)27)15-17(25)14-23-21-11-5-3-9-18(21)19-10-4-6-12-22(19)23/h3-6,9-12,16-17,20,25H,7-8,13-15H2,1-2H3. The van der Waals surface area contributed by atoms with Crippen LogP contribution in [0.2, 0.25) is 0 Å². The second-order valence-corrected chi connectivity index (χ2v) is 10.0. The smallest absolute Gasteiger partial charge is 0.211 e. The zero-order chi connectivity index (χ0) is 19.9. The Morgan fingerprint density at radius 3 is 2.14 bits per heavy atom. The Labute approximate surface area is 166 Å². The molecule has 1 aliphatic rings. The highest BCUT2D eigenvalue weighted by atomic mass is 32.2. The minimum atomic E-state index is -3.38. The molecule has 28 heavy (non-hydrogen) atoms. The summed E-state index contributed by atoms with van der Waals surface area (Å²) in [5.74, 6) is 0.329. The van der Waals surface area contributed by atoms with Crippen molar-refractivity contribution in [3.8, 4) is 0 Å². The van der Waals surface area contributed by atoms with E-state index in [0.29, 0.717) is 12.5 Å². The summed E-state index contributed by atoms with van der Waals surface area (Å²) in [5, 5.41) is 13.2. The summed E-state index contributed by atoms with van der Waals surface area (Å²) in [6.45, 7) is 2.60. The zero-order valence-electron chi connectivity index (χ0n) is 16.5. The van der Waals surface area contributed by atoms with E-state index in [-0.39, 0.29) is 12.6 Å². The second kappa shape index (κ2) is 7.50. The number of sulfonamides is 1. The molecule has 0 saturated heterocycles. The number of aliphatic hydroxyl groups excluding tert-OH is 1. The molecule has 0 aliphatic heterocycles. The van der Waals surface area contributed by atoms with Crippen LogP contribution in [-0.2, 0) is 16.6 Å². The van der Waals surface area contributed by atoms with Gasteiger partial charge in [-0.05, 0) is 30.9 Å². The van der Waals surface area contributed by atoms with E-state index in [4.69, 9.17) is 0 Å². The van der Waals surface area contributed by atoms with E-state index in [0.717, 1.165) is 41.1 Å². The van der Waals surface area contributed by atoms with Crippen molar-refractivity contribution < 1.29 is 13.5 Å². The maximum atomic E-state index is 12.4. The van der Waals surface area contributed by atoms with Crippen molar-refractivity contribution in [1.29, 1.82) is 0 Å². The van der Waals surface area contributed by atoms with E-state index in [9.17, 15) is 13.5 Å². The van der Waals surface area contributed by atoms with Gasteiger partial charge in [-0.3, -0.25) is 0 Å². The van der Waals surface area contributed by atoms with Gasteiger partial charge in [0.05, 0.1) is 18.9 Å². The average Bonchev–Trinajstić information content (AvgIpc) is 3.21. The Morgan fingerprint density at radius 1 is 1.07 bits per heavy atom. The van der Waals surface area contributed by atoms with E-state index >= 15 is 0 Å². The molecule has 6 heteroatoms. The van der Waals surface area contributed by atoms with Crippen molar-refractivity contribution in [2.45, 2.75) is 44.9 Å². The summed E-state index contributed by atoms with van der Waals surface area (Å²) in [4.78, 5) is 0. The Bertz CT molecular complexity index is 1040. The van der Waals surface area contributed by atoms with Gasteiger partial charge in [0.1, 0.15) is 0 Å². The van der Waals surface area contributed by atoms with E-state index in [1.54, 1.807) is 0 Å². The maximum absolute atomic E-state index is 12.4. The predicted octanol–water partition coefficient (Wildman–Crippen LogP) is 3.61. The molecular weight excluding hydrogens is 372 g/mol. The number of hydrogen-bond acceptors (Lipinski definition) is 3. The second-order valence-electron chi connectivity index (χ2n) is 8.11. The first-order valence-electron chi connectivity index (χ1n) is 9.97. The lowest BCUT2D eigenvalue weighted by Gasteiger charge is -2.31. The highest BCUT2D eigenvalue weighted by Gasteiger charge is 2.35. The molecule has 1 aromatic heterocycles. The van der Waals surface area contributed by atoms with E-state index in [1.807, 2.05) is 24.3 Å². The summed E-state index contributed by atoms with van der Waals surface area (Å²) in [7, 11) is -3.38. The minimum absolute atomic E-state index is 0.0113. The van der Waals surface area contributed by atoms with Crippen LogP contribution in [0.25, 0.3) is 21.8 Å². The molecule has 0 amide bonds. The van der Waals surface area contributed by atoms with Gasteiger partial charge in [-0.15, -0.1) is 0 Å². The van der Waals surface area contributed by atoms with Gasteiger partial charge in [0.15, 0.2) is 0 Å². The third-order valence-corrected chi connectivity index (χ3v) is 7.35. The van der Waals surface area contributed by atoms with Gasteiger partial charge in [0, 0.05) is 34.4 Å². The summed E-state index contributed by atoms with van der Waals surface area (Å²) >= 11 is 0. The number of aliphatic hydroxyl groups is 1. The van der Waals surface area contributed by atoms with E-state index in [2.05, 4.69) is 35.8 Å². The fraction of sp³-hybridized carbons (Fsp3) is 0.455. The van der Waals surface area contributed by atoms with Crippen LogP contribution >= 0.6 is 0 Å². The molecule has 0 spiro atoms. The number of aromatic nitrogens is 1. The Hall–Kier alpha value is -1.89. The molecule has 3 aromatic rings. The summed E-state index contributed by atoms with van der Waals surface area (Å²) in [6, 6.07) is 16.3. The number of nitrogens with zero attached hydrogens (tertiary/aromatic N) is 2. The fourth-order valence-corrected chi connectivity index (χ4v) is 5.99. The number of para-hydroxylation sites is 2. The van der Waals surface area contributed by atoms with Crippen molar-refractivity contribution in [2.24, 2.45) is 5.92 Å². The van der Waals surface area contributed by atoms with Gasteiger partial charge in [0.2, 0.25) is 10.0 Å². The average molecular weight is 401 g/mol. The maximum Gasteiger partial charge on any atom is 0.211 e. The van der Waals surface area contributed by atoms with Gasteiger partial charge < -0.3 is 9.67 Å². The molecule has 3 atom stereocenters. The topological polar surface area (TPSA) is 62.5 Å². The Morgan fingerprint density at radius 2 is 1.64 bits per heavy atom. The van der Waals surface area contributed by atoms with Crippen molar-refractivity contribution >= 4 is 31.8 Å². The van der Waals surface area contributed by atoms with Gasteiger partial charge in [0.25, 0.3) is 0 Å². The molecule has 5 nitrogen and oxygen atoms in total. The molecule has 3 unspecified atom stereocenters. The number of rotatable bonds is 6. The lowest BCUT2D eigenvalue weighted by Crippen LogP contribution is -2.46. The van der Waals surface area contributed by atoms with Crippen LogP contribution in [0, 0.1) is 5.92 Å². The van der Waals surface area contributed by atoms with Gasteiger partial charge in [-0.2, -0.15) is 4.31 Å². The molecular formula is C22H28N2O3S. The Kier molecular flexibility index (Phi) is 5.21. The van der Waals surface area contributed by atoms with Crippen LogP contribution in [-0.4, -0.2) is 47.3 Å².